The molecule has 0 saturated carbocycles. The Morgan fingerprint density at radius 1 is 1.03 bits per heavy atom. The molecule has 1 N–H and O–H groups in total. The van der Waals surface area contributed by atoms with Gasteiger partial charge in [0.1, 0.15) is 13.0 Å². The van der Waals surface area contributed by atoms with Crippen LogP contribution in [0.2, 0.25) is 0 Å². The van der Waals surface area contributed by atoms with E-state index in [1.165, 1.54) is 30.6 Å². The maximum Gasteiger partial charge on any atom is 0.271 e. The number of anilines is 1. The first-order valence-electron chi connectivity index (χ1n) is 9.36. The largest absolute Gasteiger partial charge is 0.495 e. The van der Waals surface area contributed by atoms with Crippen molar-refractivity contribution in [3.63, 3.8) is 0 Å². The van der Waals surface area contributed by atoms with Gasteiger partial charge in [0.25, 0.3) is 5.69 Å². The molecule has 0 spiro atoms. The fraction of sp³-hybridized carbons (Fsp3) is 0.0455. The predicted octanol–water partition coefficient (Wildman–Crippen LogP) is 5.57. The van der Waals surface area contributed by atoms with Crippen molar-refractivity contribution in [2.24, 2.45) is 4.74 Å². The van der Waals surface area contributed by atoms with Gasteiger partial charge < -0.3 is 9.82 Å². The number of rotatable bonds is 7. The molecule has 4 rings (SSSR count). The molecule has 0 atom stereocenters. The number of ether oxygens (including phenoxy) is 1. The Balaban J connectivity index is 2.02. The van der Waals surface area contributed by atoms with Gasteiger partial charge in [-0.05, 0) is 6.07 Å². The Bertz CT molecular complexity index is 1190. The molecule has 1 aromatic heterocycles. The molecule has 3 aromatic carbocycles. The number of hydrogen-bond donors (Lipinski definition) is 1. The minimum atomic E-state index is -2.68. The summed E-state index contributed by atoms with van der Waals surface area (Å²) in [5.74, 6) is 0.496. The number of methoxy groups -OCH3 is 1. The van der Waals surface area contributed by atoms with Gasteiger partial charge in [-0.2, -0.15) is 0 Å². The standard InChI is InChI=1S/C22H19N4O3PS/c1-29-21-13-12-17(26(27)28)16-20(21)24-30(18-8-4-2-5-9-18,19-10-6-3-7-11-19)25-22-23-14-15-31-22/h2-16,24H,1H3. The normalized spacial score (nSPS) is 11.0. The molecule has 0 unspecified atom stereocenters. The van der Waals surface area contributed by atoms with Crippen molar-refractivity contribution >= 4 is 45.7 Å². The number of nitrogens with one attached hydrogen (secondary N) is 1. The molecule has 0 aliphatic heterocycles. The molecule has 0 fully saturated rings. The van der Waals surface area contributed by atoms with Crippen LogP contribution in [-0.2, 0) is 0 Å². The highest BCUT2D eigenvalue weighted by molar-refractivity contribution is 7.82. The lowest BCUT2D eigenvalue weighted by Crippen LogP contribution is -2.22. The third-order valence-electron chi connectivity index (χ3n) is 4.59. The van der Waals surface area contributed by atoms with E-state index in [1.54, 1.807) is 12.3 Å². The van der Waals surface area contributed by atoms with E-state index in [2.05, 4.69) is 10.1 Å². The highest BCUT2D eigenvalue weighted by Crippen LogP contribution is 2.52. The lowest BCUT2D eigenvalue weighted by atomic mass is 10.2. The summed E-state index contributed by atoms with van der Waals surface area (Å²) in [6.45, 7) is 0. The van der Waals surface area contributed by atoms with Crippen LogP contribution in [0, 0.1) is 10.1 Å². The van der Waals surface area contributed by atoms with Gasteiger partial charge in [0.05, 0.1) is 17.7 Å². The van der Waals surface area contributed by atoms with E-state index in [4.69, 9.17) is 9.48 Å². The summed E-state index contributed by atoms with van der Waals surface area (Å²) in [6, 6.07) is 24.2. The summed E-state index contributed by atoms with van der Waals surface area (Å²) in [6.07, 6.45) is 1.71. The van der Waals surface area contributed by atoms with Crippen molar-refractivity contribution in [1.82, 2.24) is 4.98 Å². The van der Waals surface area contributed by atoms with Gasteiger partial charge >= 0.3 is 0 Å². The van der Waals surface area contributed by atoms with Crippen LogP contribution in [0.3, 0.4) is 0 Å². The number of benzene rings is 3. The van der Waals surface area contributed by atoms with E-state index < -0.39 is 12.1 Å². The molecule has 4 aromatic rings. The Hall–Kier alpha value is -3.48. The van der Waals surface area contributed by atoms with E-state index in [-0.39, 0.29) is 5.69 Å². The summed E-state index contributed by atoms with van der Waals surface area (Å²) in [5.41, 5.74) is 0.467. The number of non-ortho nitro benzene ring substituents is 1. The molecule has 0 saturated heterocycles. The number of nitro benzene ring substituents is 1. The molecular formula is C22H19N4O3PS. The Morgan fingerprint density at radius 3 is 2.19 bits per heavy atom. The molecule has 0 bridgehead atoms. The summed E-state index contributed by atoms with van der Waals surface area (Å²) in [5, 5.41) is 19.4. The van der Waals surface area contributed by atoms with Crippen LogP contribution < -0.4 is 20.4 Å². The van der Waals surface area contributed by atoms with E-state index >= 15 is 0 Å². The van der Waals surface area contributed by atoms with Crippen molar-refractivity contribution in [3.8, 4) is 5.75 Å². The first kappa shape index (κ1) is 20.8. The second kappa shape index (κ2) is 9.12. The Labute approximate surface area is 183 Å². The number of aromatic nitrogens is 1. The monoisotopic (exact) mass is 450 g/mol. The maximum atomic E-state index is 11.4. The SMILES string of the molecule is COc1ccc([N+](=O)[O-])cc1NP(=Nc1nccs1)(c1ccccc1)c1ccccc1. The van der Waals surface area contributed by atoms with Crippen LogP contribution in [-0.4, -0.2) is 17.0 Å². The molecule has 0 aliphatic carbocycles. The molecule has 0 radical (unpaired) electrons. The third-order valence-corrected chi connectivity index (χ3v) is 8.54. The smallest absolute Gasteiger partial charge is 0.271 e. The minimum absolute atomic E-state index is 0.0308. The van der Waals surface area contributed by atoms with Crippen molar-refractivity contribution in [2.45, 2.75) is 0 Å². The van der Waals surface area contributed by atoms with E-state index in [0.717, 1.165) is 10.6 Å². The van der Waals surface area contributed by atoms with Gasteiger partial charge in [-0.25, -0.2) is 9.73 Å². The minimum Gasteiger partial charge on any atom is -0.495 e. The average Bonchev–Trinajstić information content (AvgIpc) is 3.32. The van der Waals surface area contributed by atoms with Crippen LogP contribution >= 0.6 is 18.5 Å². The summed E-state index contributed by atoms with van der Waals surface area (Å²) < 4.78 is 10.6. The zero-order chi connectivity index (χ0) is 21.7. The van der Waals surface area contributed by atoms with E-state index in [1.807, 2.05) is 66.0 Å². The Morgan fingerprint density at radius 2 is 1.68 bits per heavy atom. The lowest BCUT2D eigenvalue weighted by molar-refractivity contribution is -0.384. The van der Waals surface area contributed by atoms with Gasteiger partial charge in [0, 0.05) is 34.3 Å². The quantitative estimate of drug-likeness (QED) is 0.226. The van der Waals surface area contributed by atoms with Crippen molar-refractivity contribution in [2.75, 3.05) is 12.2 Å². The van der Waals surface area contributed by atoms with Crippen LogP contribution in [0.1, 0.15) is 0 Å². The summed E-state index contributed by atoms with van der Waals surface area (Å²) >= 11 is 1.44. The zero-order valence-electron chi connectivity index (χ0n) is 16.6. The van der Waals surface area contributed by atoms with Crippen LogP contribution in [0.4, 0.5) is 16.5 Å². The van der Waals surface area contributed by atoms with Crippen LogP contribution in [0.25, 0.3) is 0 Å². The van der Waals surface area contributed by atoms with Crippen LogP contribution in [0.5, 0.6) is 5.75 Å². The highest BCUT2D eigenvalue weighted by atomic mass is 32.1. The molecule has 7 nitrogen and oxygen atoms in total. The molecule has 0 amide bonds. The first-order valence-corrected chi connectivity index (χ1v) is 12.0. The molecule has 0 aliphatic rings. The summed E-state index contributed by atoms with van der Waals surface area (Å²) in [4.78, 5) is 15.4. The van der Waals surface area contributed by atoms with Gasteiger partial charge in [-0.3, -0.25) is 10.1 Å². The Kier molecular flexibility index (Phi) is 6.11. The maximum absolute atomic E-state index is 11.4. The van der Waals surface area contributed by atoms with Crippen LogP contribution in [0.15, 0.2) is 95.2 Å². The van der Waals surface area contributed by atoms with Gasteiger partial charge in [-0.15, -0.1) is 11.3 Å². The second-order valence-corrected chi connectivity index (χ2v) is 10.1. The fourth-order valence-corrected chi connectivity index (χ4v) is 6.97. The van der Waals surface area contributed by atoms with Crippen molar-refractivity contribution in [3.05, 3.63) is 101 Å². The molecule has 1 heterocycles. The zero-order valence-corrected chi connectivity index (χ0v) is 18.3. The molecule has 9 heteroatoms. The fourth-order valence-electron chi connectivity index (χ4n) is 3.17. The third kappa shape index (κ3) is 4.35. The molecule has 31 heavy (non-hydrogen) atoms. The number of nitrogens with zero attached hydrogens (tertiary/aromatic N) is 3. The molecular weight excluding hydrogens is 431 g/mol. The van der Waals surface area contributed by atoms with E-state index in [0.29, 0.717) is 16.6 Å². The molecule has 156 valence electrons. The van der Waals surface area contributed by atoms with Gasteiger partial charge in [0.15, 0.2) is 0 Å². The van der Waals surface area contributed by atoms with E-state index in [9.17, 15) is 10.1 Å². The average molecular weight is 450 g/mol. The summed E-state index contributed by atoms with van der Waals surface area (Å²) in [7, 11) is -1.14. The lowest BCUT2D eigenvalue weighted by Gasteiger charge is -2.28. The first-order chi connectivity index (χ1) is 15.1. The van der Waals surface area contributed by atoms with Crippen molar-refractivity contribution < 1.29 is 9.66 Å². The topological polar surface area (TPSA) is 89.7 Å². The van der Waals surface area contributed by atoms with Gasteiger partial charge in [-0.1, -0.05) is 60.7 Å². The number of nitro groups is 1. The number of thiazole rings is 1. The second-order valence-electron chi connectivity index (χ2n) is 6.47. The van der Waals surface area contributed by atoms with Gasteiger partial charge in [0.2, 0.25) is 5.13 Å². The predicted molar refractivity (Wildman–Crippen MR) is 127 cm³/mol. The highest BCUT2D eigenvalue weighted by Gasteiger charge is 2.28. The van der Waals surface area contributed by atoms with Crippen molar-refractivity contribution in [1.29, 1.82) is 0 Å². The number of hydrogen-bond acceptors (Lipinski definition) is 6.